The van der Waals surface area contributed by atoms with E-state index in [4.69, 9.17) is 9.97 Å². The average molecular weight is 724 g/mol. The maximum atomic E-state index is 5.14. The van der Waals surface area contributed by atoms with Gasteiger partial charge in [0.2, 0.25) is 0 Å². The van der Waals surface area contributed by atoms with E-state index in [1.54, 1.807) is 0 Å². The van der Waals surface area contributed by atoms with Gasteiger partial charge in [-0.3, -0.25) is 4.98 Å². The third-order valence-electron chi connectivity index (χ3n) is 10.4. The fraction of sp³-hybridized carbons (Fsp3) is 0. The summed E-state index contributed by atoms with van der Waals surface area (Å²) >= 11 is 3.69. The number of aromatic nitrogens is 3. The van der Waals surface area contributed by atoms with E-state index in [0.29, 0.717) is 5.82 Å². The van der Waals surface area contributed by atoms with Gasteiger partial charge < -0.3 is 0 Å². The van der Waals surface area contributed by atoms with Crippen LogP contribution in [0.5, 0.6) is 0 Å². The number of fused-ring (bicyclic) bond motifs is 7. The summed E-state index contributed by atoms with van der Waals surface area (Å²) < 4.78 is 5.18. The van der Waals surface area contributed by atoms with Gasteiger partial charge >= 0.3 is 0 Å². The topological polar surface area (TPSA) is 38.7 Å². The lowest BCUT2D eigenvalue weighted by Gasteiger charge is -2.11. The summed E-state index contributed by atoms with van der Waals surface area (Å²) in [6.07, 6.45) is 1.86. The molecule has 0 N–H and O–H groups in total. The highest BCUT2D eigenvalue weighted by Gasteiger charge is 2.15. The van der Waals surface area contributed by atoms with Gasteiger partial charge in [-0.05, 0) is 65.2 Å². The molecule has 0 unspecified atom stereocenters. The maximum Gasteiger partial charge on any atom is 0.160 e. The molecule has 54 heavy (non-hydrogen) atoms. The van der Waals surface area contributed by atoms with Crippen molar-refractivity contribution in [3.63, 3.8) is 0 Å². The summed E-state index contributed by atoms with van der Waals surface area (Å²) in [6.45, 7) is 0. The van der Waals surface area contributed by atoms with Crippen LogP contribution in [0.15, 0.2) is 176 Å². The molecule has 11 rings (SSSR count). The first-order valence-electron chi connectivity index (χ1n) is 18.0. The Bertz CT molecular complexity index is 3210. The Labute approximate surface area is 319 Å². The van der Waals surface area contributed by atoms with Crippen LogP contribution in [-0.2, 0) is 0 Å². The molecule has 0 bridgehead atoms. The molecular formula is C49H29N3S2. The van der Waals surface area contributed by atoms with Crippen LogP contribution in [-0.4, -0.2) is 15.0 Å². The molecule has 0 aliphatic carbocycles. The highest BCUT2D eigenvalue weighted by atomic mass is 32.1. The third-order valence-corrected chi connectivity index (χ3v) is 12.6. The van der Waals surface area contributed by atoms with Crippen molar-refractivity contribution in [3.8, 4) is 56.2 Å². The number of thiophene rings is 2. The van der Waals surface area contributed by atoms with Crippen LogP contribution >= 0.6 is 22.7 Å². The predicted molar refractivity (Wildman–Crippen MR) is 230 cm³/mol. The van der Waals surface area contributed by atoms with Crippen LogP contribution in [0.4, 0.5) is 0 Å². The van der Waals surface area contributed by atoms with Crippen LogP contribution < -0.4 is 0 Å². The minimum absolute atomic E-state index is 0.710. The molecule has 0 radical (unpaired) electrons. The highest BCUT2D eigenvalue weighted by Crippen LogP contribution is 2.41. The second kappa shape index (κ2) is 12.6. The van der Waals surface area contributed by atoms with E-state index < -0.39 is 0 Å². The standard InChI is InChI=1S/C49H29N3S2/c1-2-8-33(9-3-1)49-51-42(31-17-15-30(16-18-31)37-13-6-10-32-11-7-25-50-48(32)37)29-43(52-49)36-19-22-39-41-27-35(21-24-46(41)54-47(39)28-36)34-20-23-45-40(26-34)38-12-4-5-14-44(38)53-45/h1-29H. The summed E-state index contributed by atoms with van der Waals surface area (Å²) in [4.78, 5) is 14.9. The molecule has 5 heteroatoms. The first-order valence-corrected chi connectivity index (χ1v) is 19.6. The predicted octanol–water partition coefficient (Wildman–Crippen LogP) is 14.1. The van der Waals surface area contributed by atoms with Crippen molar-refractivity contribution in [1.29, 1.82) is 0 Å². The third kappa shape index (κ3) is 5.28. The summed E-state index contributed by atoms with van der Waals surface area (Å²) in [5, 5.41) is 6.33. The molecule has 0 spiro atoms. The molecule has 0 fully saturated rings. The van der Waals surface area contributed by atoms with Gasteiger partial charge in [-0.1, -0.05) is 121 Å². The molecule has 0 saturated heterocycles. The van der Waals surface area contributed by atoms with Gasteiger partial charge in [0.05, 0.1) is 16.9 Å². The second-order valence-corrected chi connectivity index (χ2v) is 15.8. The van der Waals surface area contributed by atoms with Gasteiger partial charge in [-0.2, -0.15) is 0 Å². The fourth-order valence-corrected chi connectivity index (χ4v) is 9.85. The van der Waals surface area contributed by atoms with Gasteiger partial charge in [0.25, 0.3) is 0 Å². The van der Waals surface area contributed by atoms with Crippen LogP contribution in [0.25, 0.3) is 107 Å². The molecule has 7 aromatic carbocycles. The number of para-hydroxylation sites is 1. The summed E-state index contributed by atoms with van der Waals surface area (Å²) in [5.41, 5.74) is 10.6. The zero-order valence-electron chi connectivity index (χ0n) is 28.9. The molecular weight excluding hydrogens is 695 g/mol. The van der Waals surface area contributed by atoms with Crippen molar-refractivity contribution in [3.05, 3.63) is 176 Å². The van der Waals surface area contributed by atoms with E-state index in [9.17, 15) is 0 Å². The van der Waals surface area contributed by atoms with Crippen molar-refractivity contribution in [1.82, 2.24) is 15.0 Å². The fourth-order valence-electron chi connectivity index (χ4n) is 7.64. The van der Waals surface area contributed by atoms with E-state index in [2.05, 4.69) is 151 Å². The molecule has 3 nitrogen and oxygen atoms in total. The molecule has 4 heterocycles. The number of nitrogens with zero attached hydrogens (tertiary/aromatic N) is 3. The molecule has 4 aromatic heterocycles. The lowest BCUT2D eigenvalue weighted by molar-refractivity contribution is 1.18. The zero-order valence-corrected chi connectivity index (χ0v) is 30.5. The normalized spacial score (nSPS) is 11.7. The van der Waals surface area contributed by atoms with Crippen molar-refractivity contribution in [2.45, 2.75) is 0 Å². The van der Waals surface area contributed by atoms with E-state index in [0.717, 1.165) is 50.1 Å². The minimum atomic E-state index is 0.710. The first-order chi connectivity index (χ1) is 26.7. The molecule has 0 saturated carbocycles. The van der Waals surface area contributed by atoms with Gasteiger partial charge in [0, 0.05) is 74.2 Å². The van der Waals surface area contributed by atoms with Gasteiger partial charge in [0.15, 0.2) is 5.82 Å². The highest BCUT2D eigenvalue weighted by molar-refractivity contribution is 7.26. The monoisotopic (exact) mass is 723 g/mol. The van der Waals surface area contributed by atoms with Crippen molar-refractivity contribution >= 4 is 73.9 Å². The van der Waals surface area contributed by atoms with Gasteiger partial charge in [0.1, 0.15) is 0 Å². The van der Waals surface area contributed by atoms with E-state index in [1.807, 2.05) is 53.1 Å². The van der Waals surface area contributed by atoms with Gasteiger partial charge in [-0.15, -0.1) is 22.7 Å². The molecule has 0 amide bonds. The SMILES string of the molecule is c1ccc(-c2nc(-c3ccc(-c4cccc5cccnc45)cc3)cc(-c3ccc4c(c3)sc3ccc(-c5ccc6sc7ccccc7c6c5)cc34)n2)cc1. The van der Waals surface area contributed by atoms with Crippen molar-refractivity contribution in [2.24, 2.45) is 0 Å². The van der Waals surface area contributed by atoms with Crippen molar-refractivity contribution in [2.75, 3.05) is 0 Å². The second-order valence-electron chi connectivity index (χ2n) is 13.6. The van der Waals surface area contributed by atoms with Crippen LogP contribution in [0.2, 0.25) is 0 Å². The first kappa shape index (κ1) is 31.0. The number of rotatable bonds is 5. The Balaban J connectivity index is 0.987. The quantitative estimate of drug-likeness (QED) is 0.177. The molecule has 0 aliphatic heterocycles. The van der Waals surface area contributed by atoms with Crippen LogP contribution in [0.3, 0.4) is 0 Å². The van der Waals surface area contributed by atoms with Crippen LogP contribution in [0.1, 0.15) is 0 Å². The smallest absolute Gasteiger partial charge is 0.160 e. The Morgan fingerprint density at radius 3 is 1.76 bits per heavy atom. The lowest BCUT2D eigenvalue weighted by Crippen LogP contribution is -1.96. The lowest BCUT2D eigenvalue weighted by atomic mass is 9.99. The van der Waals surface area contributed by atoms with Crippen molar-refractivity contribution < 1.29 is 0 Å². The van der Waals surface area contributed by atoms with Gasteiger partial charge in [-0.25, -0.2) is 9.97 Å². The minimum Gasteiger partial charge on any atom is -0.256 e. The number of hydrogen-bond donors (Lipinski definition) is 0. The summed E-state index contributed by atoms with van der Waals surface area (Å²) in [7, 11) is 0. The Kier molecular flexibility index (Phi) is 7.22. The molecule has 0 atom stereocenters. The summed E-state index contributed by atoms with van der Waals surface area (Å²) in [5.74, 6) is 0.710. The van der Waals surface area contributed by atoms with E-state index >= 15 is 0 Å². The maximum absolute atomic E-state index is 5.14. The molecule has 11 aromatic rings. The number of hydrogen-bond acceptors (Lipinski definition) is 5. The number of benzene rings is 7. The molecule has 252 valence electrons. The largest absolute Gasteiger partial charge is 0.256 e. The van der Waals surface area contributed by atoms with Crippen LogP contribution in [0, 0.1) is 0 Å². The summed E-state index contributed by atoms with van der Waals surface area (Å²) in [6, 6.07) is 60.7. The Morgan fingerprint density at radius 2 is 0.963 bits per heavy atom. The zero-order chi connectivity index (χ0) is 35.6. The molecule has 0 aliphatic rings. The van der Waals surface area contributed by atoms with E-state index in [1.165, 1.54) is 51.5 Å². The average Bonchev–Trinajstić information content (AvgIpc) is 3.81. The van der Waals surface area contributed by atoms with E-state index in [-0.39, 0.29) is 0 Å². The number of pyridine rings is 1. The Morgan fingerprint density at radius 1 is 0.352 bits per heavy atom. The Hall–Kier alpha value is -6.53.